The molecule has 0 saturated carbocycles. The van der Waals surface area contributed by atoms with Gasteiger partial charge in [-0.2, -0.15) is 10.4 Å². The van der Waals surface area contributed by atoms with Crippen LogP contribution in [0.2, 0.25) is 0 Å². The molecule has 0 aliphatic rings. The van der Waals surface area contributed by atoms with E-state index in [1.165, 1.54) is 24.1 Å². The Morgan fingerprint density at radius 2 is 2.00 bits per heavy atom. The molecule has 0 amide bonds. The molecule has 0 aliphatic carbocycles. The first-order valence-corrected chi connectivity index (χ1v) is 7.78. The van der Waals surface area contributed by atoms with Gasteiger partial charge in [-0.05, 0) is 39.3 Å². The molecule has 0 spiro atoms. The van der Waals surface area contributed by atoms with Crippen molar-refractivity contribution >= 4 is 12.0 Å². The fourth-order valence-electron chi connectivity index (χ4n) is 2.36. The lowest BCUT2D eigenvalue weighted by Crippen LogP contribution is -2.10. The van der Waals surface area contributed by atoms with E-state index in [9.17, 15) is 4.79 Å². The third-order valence-corrected chi connectivity index (χ3v) is 3.75. The maximum Gasteiger partial charge on any atom is 0.332 e. The van der Waals surface area contributed by atoms with Gasteiger partial charge in [-0.15, -0.1) is 0 Å². The van der Waals surface area contributed by atoms with Gasteiger partial charge < -0.3 is 4.74 Å². The van der Waals surface area contributed by atoms with Crippen molar-refractivity contribution in [1.82, 2.24) is 9.78 Å². The maximum atomic E-state index is 11.7. The van der Waals surface area contributed by atoms with Gasteiger partial charge in [0.2, 0.25) is 0 Å². The van der Waals surface area contributed by atoms with Crippen molar-refractivity contribution in [2.45, 2.75) is 40.3 Å². The summed E-state index contributed by atoms with van der Waals surface area (Å²) in [6, 6.07) is 10.2. The maximum absolute atomic E-state index is 11.7. The summed E-state index contributed by atoms with van der Waals surface area (Å²) in [5, 5.41) is 13.2. The topological polar surface area (TPSA) is 67.9 Å². The second kappa shape index (κ2) is 7.60. The van der Waals surface area contributed by atoms with Crippen molar-refractivity contribution in [3.05, 3.63) is 58.4 Å². The zero-order valence-corrected chi connectivity index (χ0v) is 14.4. The van der Waals surface area contributed by atoms with E-state index in [0.29, 0.717) is 6.54 Å². The van der Waals surface area contributed by atoms with Gasteiger partial charge in [0, 0.05) is 17.3 Å². The predicted molar refractivity (Wildman–Crippen MR) is 92.2 cm³/mol. The summed E-state index contributed by atoms with van der Waals surface area (Å²) < 4.78 is 6.82. The van der Waals surface area contributed by atoms with Crippen LogP contribution < -0.4 is 0 Å². The number of nitrogens with zero attached hydrogens (tertiary/aromatic N) is 3. The molecule has 124 valence electrons. The number of hydrogen-bond donors (Lipinski definition) is 0. The van der Waals surface area contributed by atoms with Gasteiger partial charge in [0.15, 0.2) is 6.10 Å². The van der Waals surface area contributed by atoms with Crippen LogP contribution in [-0.4, -0.2) is 21.9 Å². The van der Waals surface area contributed by atoms with Gasteiger partial charge in [-0.1, -0.05) is 29.8 Å². The summed E-state index contributed by atoms with van der Waals surface area (Å²) in [7, 11) is 0. The molecular weight excluding hydrogens is 302 g/mol. The molecule has 5 nitrogen and oxygen atoms in total. The minimum absolute atomic E-state index is 0.533. The van der Waals surface area contributed by atoms with E-state index >= 15 is 0 Å². The van der Waals surface area contributed by atoms with Crippen molar-refractivity contribution in [3.8, 4) is 6.07 Å². The summed E-state index contributed by atoms with van der Waals surface area (Å²) in [5.74, 6) is -0.533. The number of carbonyl (C=O) groups is 1. The highest BCUT2D eigenvalue weighted by Crippen LogP contribution is 2.17. The summed E-state index contributed by atoms with van der Waals surface area (Å²) >= 11 is 0. The fourth-order valence-corrected chi connectivity index (χ4v) is 2.36. The molecule has 2 aromatic rings. The number of esters is 1. The monoisotopic (exact) mass is 323 g/mol. The second-order valence-corrected chi connectivity index (χ2v) is 5.77. The first-order chi connectivity index (χ1) is 11.4. The quantitative estimate of drug-likeness (QED) is 0.625. The first kappa shape index (κ1) is 17.5. The van der Waals surface area contributed by atoms with E-state index in [-0.39, 0.29) is 0 Å². The Kier molecular flexibility index (Phi) is 5.54. The van der Waals surface area contributed by atoms with Crippen LogP contribution in [0.5, 0.6) is 0 Å². The van der Waals surface area contributed by atoms with Crippen LogP contribution in [0.3, 0.4) is 0 Å². The third kappa shape index (κ3) is 4.32. The summed E-state index contributed by atoms with van der Waals surface area (Å²) in [5.41, 5.74) is 5.11. The molecule has 24 heavy (non-hydrogen) atoms. The van der Waals surface area contributed by atoms with Gasteiger partial charge in [0.1, 0.15) is 6.07 Å². The number of aryl methyl sites for hydroxylation is 2. The van der Waals surface area contributed by atoms with E-state index in [2.05, 4.69) is 36.3 Å². The van der Waals surface area contributed by atoms with E-state index in [1.54, 1.807) is 6.08 Å². The van der Waals surface area contributed by atoms with Crippen LogP contribution >= 0.6 is 0 Å². The van der Waals surface area contributed by atoms with E-state index in [4.69, 9.17) is 10.00 Å². The van der Waals surface area contributed by atoms with Gasteiger partial charge in [-0.3, -0.25) is 4.68 Å². The number of carbonyl (C=O) groups excluding carboxylic acids is 1. The highest BCUT2D eigenvalue weighted by atomic mass is 16.5. The smallest absolute Gasteiger partial charge is 0.332 e. The Labute approximate surface area is 142 Å². The van der Waals surface area contributed by atoms with E-state index in [0.717, 1.165) is 17.0 Å². The molecule has 1 aromatic carbocycles. The zero-order valence-electron chi connectivity index (χ0n) is 14.4. The van der Waals surface area contributed by atoms with Crippen LogP contribution in [0.1, 0.15) is 35.0 Å². The number of aromatic nitrogens is 2. The average Bonchev–Trinajstić information content (AvgIpc) is 2.81. The lowest BCUT2D eigenvalue weighted by molar-refractivity contribution is -0.139. The SMILES string of the molecule is Cc1ccc(Cn2nc(C)c(/C=C/C(=O)OC(C)C#N)c2C)cc1. The van der Waals surface area contributed by atoms with Gasteiger partial charge in [0.05, 0.1) is 12.2 Å². The Morgan fingerprint density at radius 1 is 1.33 bits per heavy atom. The zero-order chi connectivity index (χ0) is 17.7. The lowest BCUT2D eigenvalue weighted by atomic mass is 10.1. The van der Waals surface area contributed by atoms with Crippen LogP contribution in [-0.2, 0) is 16.1 Å². The summed E-state index contributed by atoms with van der Waals surface area (Å²) in [6.07, 6.45) is 2.27. The fraction of sp³-hybridized carbons (Fsp3) is 0.316. The van der Waals surface area contributed by atoms with Gasteiger partial charge >= 0.3 is 5.97 Å². The van der Waals surface area contributed by atoms with Crippen LogP contribution in [0.4, 0.5) is 0 Å². The highest BCUT2D eigenvalue weighted by molar-refractivity contribution is 5.87. The molecule has 1 unspecified atom stereocenters. The summed E-state index contributed by atoms with van der Waals surface area (Å²) in [4.78, 5) is 11.7. The van der Waals surface area contributed by atoms with Crippen molar-refractivity contribution in [2.75, 3.05) is 0 Å². The number of rotatable bonds is 5. The second-order valence-electron chi connectivity index (χ2n) is 5.77. The Balaban J connectivity index is 2.15. The number of benzene rings is 1. The molecule has 1 heterocycles. The predicted octanol–water partition coefficient (Wildman–Crippen LogP) is 3.33. The molecule has 0 saturated heterocycles. The molecule has 1 atom stereocenters. The first-order valence-electron chi connectivity index (χ1n) is 7.78. The van der Waals surface area contributed by atoms with Crippen molar-refractivity contribution in [2.24, 2.45) is 0 Å². The Morgan fingerprint density at radius 3 is 2.62 bits per heavy atom. The molecular formula is C19H21N3O2. The van der Waals surface area contributed by atoms with E-state index < -0.39 is 12.1 Å². The molecule has 0 radical (unpaired) electrons. The van der Waals surface area contributed by atoms with E-state index in [1.807, 2.05) is 24.6 Å². The Bertz CT molecular complexity index is 795. The molecule has 2 rings (SSSR count). The van der Waals surface area contributed by atoms with Crippen LogP contribution in [0.15, 0.2) is 30.3 Å². The number of nitriles is 1. The molecule has 0 N–H and O–H groups in total. The highest BCUT2D eigenvalue weighted by Gasteiger charge is 2.11. The standard InChI is InChI=1S/C19H21N3O2/c1-13-5-7-17(8-6-13)12-22-16(4)18(15(3)21-22)9-10-19(23)24-14(2)11-20/h5-10,14H,12H2,1-4H3/b10-9+. The lowest BCUT2D eigenvalue weighted by Gasteiger charge is -2.05. The van der Waals surface area contributed by atoms with Gasteiger partial charge in [-0.25, -0.2) is 4.79 Å². The average molecular weight is 323 g/mol. The normalized spacial score (nSPS) is 12.1. The molecule has 0 bridgehead atoms. The number of hydrogen-bond acceptors (Lipinski definition) is 4. The van der Waals surface area contributed by atoms with Crippen LogP contribution in [0.25, 0.3) is 6.08 Å². The minimum atomic E-state index is -0.756. The van der Waals surface area contributed by atoms with Crippen molar-refractivity contribution in [3.63, 3.8) is 0 Å². The molecule has 0 aliphatic heterocycles. The molecule has 0 fully saturated rings. The molecule has 1 aromatic heterocycles. The molecule has 5 heteroatoms. The van der Waals surface area contributed by atoms with Crippen molar-refractivity contribution < 1.29 is 9.53 Å². The Hall–Kier alpha value is -2.87. The number of ether oxygens (including phenoxy) is 1. The largest absolute Gasteiger partial charge is 0.444 e. The third-order valence-electron chi connectivity index (χ3n) is 3.75. The van der Waals surface area contributed by atoms with Gasteiger partial charge in [0.25, 0.3) is 0 Å². The van der Waals surface area contributed by atoms with Crippen molar-refractivity contribution in [1.29, 1.82) is 5.26 Å². The minimum Gasteiger partial charge on any atom is -0.444 e. The summed E-state index contributed by atoms with van der Waals surface area (Å²) in [6.45, 7) is 8.14. The van der Waals surface area contributed by atoms with Crippen LogP contribution in [0, 0.1) is 32.1 Å².